The van der Waals surface area contributed by atoms with Crippen molar-refractivity contribution < 1.29 is 4.79 Å². The fourth-order valence-corrected chi connectivity index (χ4v) is 9.26. The maximum absolute atomic E-state index is 13.8. The van der Waals surface area contributed by atoms with Crippen LogP contribution in [0.5, 0.6) is 0 Å². The van der Waals surface area contributed by atoms with Crippen molar-refractivity contribution >= 4 is 41.8 Å². The molecule has 0 saturated heterocycles. The van der Waals surface area contributed by atoms with Crippen LogP contribution in [0.15, 0.2) is 121 Å². The number of carbonyl (C=O) groups excluding carboxylic acids is 1. The van der Waals surface area contributed by atoms with Crippen molar-refractivity contribution in [3.05, 3.63) is 132 Å². The third-order valence-electron chi connectivity index (χ3n) is 7.91. The molecular formula is C36H40N3OPS. The molecule has 1 aliphatic carbocycles. The van der Waals surface area contributed by atoms with E-state index < -0.39 is 14.0 Å². The first-order valence-electron chi connectivity index (χ1n) is 14.9. The van der Waals surface area contributed by atoms with Crippen molar-refractivity contribution in [1.82, 2.24) is 15.5 Å². The van der Waals surface area contributed by atoms with Gasteiger partial charge >= 0.3 is 0 Å². The molecule has 5 rings (SSSR count). The highest BCUT2D eigenvalue weighted by molar-refractivity contribution is 7.80. The first-order chi connectivity index (χ1) is 20.6. The SMILES string of the molecule is C[C@@H](NC(=S)NC1CCCC[C@H]1P(c1ccccc1)c1ccccc1)C(=O)N(Cc1ccccc1)Cc1ccccc1. The normalized spacial score (nSPS) is 17.3. The van der Waals surface area contributed by atoms with Crippen LogP contribution >= 0.6 is 20.1 Å². The molecule has 4 nitrogen and oxygen atoms in total. The molecule has 0 heterocycles. The topological polar surface area (TPSA) is 44.4 Å². The number of benzene rings is 4. The summed E-state index contributed by atoms with van der Waals surface area (Å²) in [7, 11) is -0.564. The Morgan fingerprint density at radius 1 is 0.762 bits per heavy atom. The van der Waals surface area contributed by atoms with Gasteiger partial charge < -0.3 is 15.5 Å². The number of hydrogen-bond acceptors (Lipinski definition) is 2. The van der Waals surface area contributed by atoms with Crippen LogP contribution in [-0.2, 0) is 17.9 Å². The second-order valence-corrected chi connectivity index (χ2v) is 13.8. The van der Waals surface area contributed by atoms with E-state index in [1.807, 2.05) is 48.2 Å². The zero-order valence-electron chi connectivity index (χ0n) is 24.2. The summed E-state index contributed by atoms with van der Waals surface area (Å²) in [6, 6.07) is 42.0. The summed E-state index contributed by atoms with van der Waals surface area (Å²) >= 11 is 5.86. The average Bonchev–Trinajstić information content (AvgIpc) is 3.03. The lowest BCUT2D eigenvalue weighted by molar-refractivity contribution is -0.133. The molecule has 4 aromatic rings. The number of hydrogen-bond donors (Lipinski definition) is 2. The first kappa shape index (κ1) is 29.9. The Hall–Kier alpha value is -3.53. The first-order valence-corrected chi connectivity index (χ1v) is 16.7. The lowest BCUT2D eigenvalue weighted by Gasteiger charge is -2.39. The molecule has 0 bridgehead atoms. The van der Waals surface area contributed by atoms with Crippen LogP contribution < -0.4 is 21.2 Å². The Bertz CT molecular complexity index is 1320. The Labute approximate surface area is 257 Å². The van der Waals surface area contributed by atoms with Crippen LogP contribution in [0.1, 0.15) is 43.7 Å². The fraction of sp³-hybridized carbons (Fsp3) is 0.278. The molecule has 1 amide bonds. The standard InChI is InChI=1S/C36H40N3OPS/c1-28(35(40)39(26-29-16-6-2-7-17-29)27-30-18-8-3-9-19-30)37-36(42)38-33-24-14-15-25-34(33)41(31-20-10-4-11-21-31)32-22-12-5-13-23-32/h2-13,16-23,28,33-34H,14-15,24-27H2,1H3,(H2,37,38,42)/t28-,33?,34-/m1/s1. The second-order valence-electron chi connectivity index (χ2n) is 11.0. The van der Waals surface area contributed by atoms with E-state index in [4.69, 9.17) is 12.2 Å². The lowest BCUT2D eigenvalue weighted by Crippen LogP contribution is -2.54. The lowest BCUT2D eigenvalue weighted by atomic mass is 9.95. The molecule has 216 valence electrons. The Kier molecular flexibility index (Phi) is 10.8. The van der Waals surface area contributed by atoms with Crippen LogP contribution in [-0.4, -0.2) is 33.7 Å². The quantitative estimate of drug-likeness (QED) is 0.163. The molecule has 1 saturated carbocycles. The molecule has 4 aromatic carbocycles. The number of nitrogens with one attached hydrogen (secondary N) is 2. The number of nitrogens with zero attached hydrogens (tertiary/aromatic N) is 1. The fourth-order valence-electron chi connectivity index (χ4n) is 5.86. The summed E-state index contributed by atoms with van der Waals surface area (Å²) in [5, 5.41) is 10.4. The molecule has 1 unspecified atom stereocenters. The van der Waals surface area contributed by atoms with Gasteiger partial charge in [-0.2, -0.15) is 0 Å². The van der Waals surface area contributed by atoms with E-state index in [2.05, 4.69) is 95.6 Å². The Balaban J connectivity index is 1.29. The largest absolute Gasteiger partial charge is 0.359 e. The highest BCUT2D eigenvalue weighted by atomic mass is 32.1. The van der Waals surface area contributed by atoms with Gasteiger partial charge in [0, 0.05) is 24.8 Å². The molecule has 0 radical (unpaired) electrons. The van der Waals surface area contributed by atoms with E-state index in [9.17, 15) is 4.79 Å². The summed E-state index contributed by atoms with van der Waals surface area (Å²) < 4.78 is 0. The number of thiocarbonyl (C=S) groups is 1. The maximum Gasteiger partial charge on any atom is 0.245 e. The van der Waals surface area contributed by atoms with Crippen molar-refractivity contribution in [1.29, 1.82) is 0 Å². The van der Waals surface area contributed by atoms with Crippen molar-refractivity contribution in [2.45, 2.75) is 63.4 Å². The highest BCUT2D eigenvalue weighted by Crippen LogP contribution is 2.46. The molecule has 0 aromatic heterocycles. The number of rotatable bonds is 10. The summed E-state index contributed by atoms with van der Waals surface area (Å²) in [4.78, 5) is 15.7. The van der Waals surface area contributed by atoms with Crippen LogP contribution in [0.3, 0.4) is 0 Å². The van der Waals surface area contributed by atoms with Crippen molar-refractivity contribution in [2.75, 3.05) is 0 Å². The third-order valence-corrected chi connectivity index (χ3v) is 11.1. The van der Waals surface area contributed by atoms with E-state index >= 15 is 0 Å². The molecule has 3 atom stereocenters. The van der Waals surface area contributed by atoms with Gasteiger partial charge in [0.15, 0.2) is 5.11 Å². The van der Waals surface area contributed by atoms with E-state index in [-0.39, 0.29) is 11.9 Å². The number of amides is 1. The summed E-state index contributed by atoms with van der Waals surface area (Å²) in [6.07, 6.45) is 4.64. The van der Waals surface area contributed by atoms with Crippen LogP contribution in [0.2, 0.25) is 0 Å². The van der Waals surface area contributed by atoms with Gasteiger partial charge in [-0.3, -0.25) is 4.79 Å². The van der Waals surface area contributed by atoms with Gasteiger partial charge in [0.05, 0.1) is 0 Å². The zero-order chi connectivity index (χ0) is 29.1. The smallest absolute Gasteiger partial charge is 0.245 e. The van der Waals surface area contributed by atoms with Crippen molar-refractivity contribution in [3.8, 4) is 0 Å². The summed E-state index contributed by atoms with van der Waals surface area (Å²) in [5.74, 6) is 0.0304. The van der Waals surface area contributed by atoms with Gasteiger partial charge in [-0.1, -0.05) is 134 Å². The molecule has 6 heteroatoms. The minimum Gasteiger partial charge on any atom is -0.359 e. The van der Waals surface area contributed by atoms with Crippen LogP contribution in [0, 0.1) is 0 Å². The molecule has 42 heavy (non-hydrogen) atoms. The molecule has 2 N–H and O–H groups in total. The maximum atomic E-state index is 13.8. The van der Waals surface area contributed by atoms with Gasteiger partial charge in [0.25, 0.3) is 0 Å². The van der Waals surface area contributed by atoms with Gasteiger partial charge in [-0.15, -0.1) is 0 Å². The van der Waals surface area contributed by atoms with E-state index in [0.29, 0.717) is 23.9 Å². The van der Waals surface area contributed by atoms with Crippen LogP contribution in [0.25, 0.3) is 0 Å². The second kappa shape index (κ2) is 15.1. The van der Waals surface area contributed by atoms with Gasteiger partial charge in [-0.25, -0.2) is 0 Å². The minimum atomic E-state index is -0.564. The molecule has 0 spiro atoms. The number of carbonyl (C=O) groups is 1. The minimum absolute atomic E-state index is 0.0304. The highest BCUT2D eigenvalue weighted by Gasteiger charge is 2.34. The zero-order valence-corrected chi connectivity index (χ0v) is 25.9. The van der Waals surface area contributed by atoms with E-state index in [1.165, 1.54) is 23.5 Å². The van der Waals surface area contributed by atoms with E-state index in [0.717, 1.165) is 24.0 Å². The van der Waals surface area contributed by atoms with Crippen molar-refractivity contribution in [2.24, 2.45) is 0 Å². The predicted octanol–water partition coefficient (Wildman–Crippen LogP) is 6.51. The molecular weight excluding hydrogens is 553 g/mol. The Morgan fingerprint density at radius 2 is 1.21 bits per heavy atom. The van der Waals surface area contributed by atoms with Crippen molar-refractivity contribution in [3.63, 3.8) is 0 Å². The van der Waals surface area contributed by atoms with Gasteiger partial charge in [0.1, 0.15) is 6.04 Å². The molecule has 0 aliphatic heterocycles. The third kappa shape index (κ3) is 8.06. The van der Waals surface area contributed by atoms with Gasteiger partial charge in [-0.05, 0) is 61.6 Å². The van der Waals surface area contributed by atoms with Gasteiger partial charge in [0.2, 0.25) is 5.91 Å². The van der Waals surface area contributed by atoms with E-state index in [1.54, 1.807) is 0 Å². The molecule has 1 fully saturated rings. The Morgan fingerprint density at radius 3 is 1.71 bits per heavy atom. The predicted molar refractivity (Wildman–Crippen MR) is 181 cm³/mol. The molecule has 1 aliphatic rings. The summed E-state index contributed by atoms with van der Waals surface area (Å²) in [6.45, 7) is 3.01. The average molecular weight is 594 g/mol. The summed E-state index contributed by atoms with van der Waals surface area (Å²) in [5.41, 5.74) is 2.67. The monoisotopic (exact) mass is 593 g/mol. The van der Waals surface area contributed by atoms with Crippen LogP contribution in [0.4, 0.5) is 0 Å².